The van der Waals surface area contributed by atoms with Crippen LogP contribution in [0.5, 0.6) is 0 Å². The van der Waals surface area contributed by atoms with Gasteiger partial charge in [-0.1, -0.05) is 0 Å². The summed E-state index contributed by atoms with van der Waals surface area (Å²) in [6, 6.07) is 0. The molecule has 0 saturated carbocycles. The SMILES string of the molecule is CC(C)=O.[Ba+2].[H-].[H-].[Zr]. The maximum Gasteiger partial charge on any atom is 2.00 e. The zero-order valence-corrected chi connectivity index (χ0v) is 11.0. The van der Waals surface area contributed by atoms with Gasteiger partial charge in [0.2, 0.25) is 0 Å². The van der Waals surface area contributed by atoms with Gasteiger partial charge < -0.3 is 7.65 Å². The van der Waals surface area contributed by atoms with Crippen LogP contribution < -0.4 is 0 Å². The second kappa shape index (κ2) is 10.2. The predicted octanol–water partition coefficient (Wildman–Crippen LogP) is 0.437. The van der Waals surface area contributed by atoms with Crippen LogP contribution in [0.15, 0.2) is 0 Å². The molecule has 0 fully saturated rings. The maximum absolute atomic E-state index is 9.44. The number of carbonyl (C=O) groups excluding carboxylic acids is 1. The number of hydrogen-bond donors (Lipinski definition) is 0. The summed E-state index contributed by atoms with van der Waals surface area (Å²) in [6.45, 7) is 3.06. The summed E-state index contributed by atoms with van der Waals surface area (Å²) in [7, 11) is 0. The average Bonchev–Trinajstić information content (AvgIpc) is 0.811. The number of Topliss-reactive ketones (excluding diaryl/α,β-unsaturated/α-hetero) is 1. The fraction of sp³-hybridized carbons (Fsp3) is 0.667. The van der Waals surface area contributed by atoms with E-state index in [0.717, 1.165) is 0 Å². The third kappa shape index (κ3) is 35.6. The van der Waals surface area contributed by atoms with E-state index in [4.69, 9.17) is 0 Å². The summed E-state index contributed by atoms with van der Waals surface area (Å²) in [5, 5.41) is 0. The molecule has 0 saturated heterocycles. The van der Waals surface area contributed by atoms with Crippen LogP contribution >= 0.6 is 0 Å². The van der Waals surface area contributed by atoms with E-state index in [1.165, 1.54) is 13.8 Å². The Morgan fingerprint density at radius 2 is 1.50 bits per heavy atom. The standard InChI is InChI=1S/C3H6O.Ba.Zr.2H/c1-3(2)4;;;;/h1-2H3;;;;/q;+2;;2*-1. The maximum atomic E-state index is 9.44. The van der Waals surface area contributed by atoms with Gasteiger partial charge >= 0.3 is 48.9 Å². The summed E-state index contributed by atoms with van der Waals surface area (Å²) >= 11 is 0. The molecule has 0 unspecified atom stereocenters. The minimum absolute atomic E-state index is 0. The molecule has 0 radical (unpaired) electrons. The van der Waals surface area contributed by atoms with Gasteiger partial charge in [-0.3, -0.25) is 0 Å². The molecule has 0 atom stereocenters. The first-order chi connectivity index (χ1) is 1.73. The van der Waals surface area contributed by atoms with Crippen molar-refractivity contribution < 1.29 is 33.9 Å². The Hall–Kier alpha value is 2.12. The largest absolute Gasteiger partial charge is 2.00 e. The molecule has 0 amide bonds. The van der Waals surface area contributed by atoms with E-state index >= 15 is 0 Å². The van der Waals surface area contributed by atoms with Gasteiger partial charge in [-0.2, -0.15) is 0 Å². The van der Waals surface area contributed by atoms with Gasteiger partial charge in [0, 0.05) is 26.2 Å². The van der Waals surface area contributed by atoms with Crippen LogP contribution in [-0.4, -0.2) is 54.7 Å². The molecular formula is C3H8BaOZr. The van der Waals surface area contributed by atoms with Crippen molar-refractivity contribution >= 4 is 54.7 Å². The fourth-order valence-corrected chi connectivity index (χ4v) is 0. The molecule has 3 heteroatoms. The molecule has 32 valence electrons. The molecule has 0 aliphatic carbocycles. The minimum atomic E-state index is 0. The van der Waals surface area contributed by atoms with E-state index in [1.807, 2.05) is 0 Å². The van der Waals surface area contributed by atoms with E-state index in [9.17, 15) is 4.79 Å². The Morgan fingerprint density at radius 3 is 1.50 bits per heavy atom. The third-order valence-corrected chi connectivity index (χ3v) is 0. The smallest absolute Gasteiger partial charge is 1.00 e. The quantitative estimate of drug-likeness (QED) is 0.591. The van der Waals surface area contributed by atoms with Crippen molar-refractivity contribution in [2.24, 2.45) is 0 Å². The molecule has 0 spiro atoms. The second-order valence-corrected chi connectivity index (χ2v) is 0.908. The van der Waals surface area contributed by atoms with Crippen molar-refractivity contribution in [3.8, 4) is 0 Å². The molecule has 0 aliphatic rings. The van der Waals surface area contributed by atoms with Crippen LogP contribution in [0.25, 0.3) is 0 Å². The van der Waals surface area contributed by atoms with Gasteiger partial charge in [0.1, 0.15) is 5.78 Å². The van der Waals surface area contributed by atoms with Gasteiger partial charge in [0.05, 0.1) is 0 Å². The first-order valence-electron chi connectivity index (χ1n) is 1.20. The van der Waals surface area contributed by atoms with Crippen LogP contribution in [-0.2, 0) is 31.0 Å². The van der Waals surface area contributed by atoms with E-state index in [-0.39, 0.29) is 83.7 Å². The van der Waals surface area contributed by atoms with Crippen LogP contribution in [0.1, 0.15) is 16.7 Å². The van der Waals surface area contributed by atoms with Gasteiger partial charge in [0.25, 0.3) is 0 Å². The summed E-state index contributed by atoms with van der Waals surface area (Å²) in [5.41, 5.74) is 0. The van der Waals surface area contributed by atoms with E-state index in [0.29, 0.717) is 0 Å². The first kappa shape index (κ1) is 15.7. The fourth-order valence-electron chi connectivity index (χ4n) is 0. The normalized spacial score (nSPS) is 4.33. The molecule has 0 aromatic heterocycles. The Kier molecular flexibility index (Phi) is 26.6. The summed E-state index contributed by atoms with van der Waals surface area (Å²) in [6.07, 6.45) is 0. The Morgan fingerprint density at radius 1 is 1.50 bits per heavy atom. The van der Waals surface area contributed by atoms with E-state index < -0.39 is 0 Å². The van der Waals surface area contributed by atoms with Crippen molar-refractivity contribution in [3.63, 3.8) is 0 Å². The van der Waals surface area contributed by atoms with Gasteiger partial charge in [-0.15, -0.1) is 0 Å². The van der Waals surface area contributed by atoms with Gasteiger partial charge in [0.15, 0.2) is 0 Å². The van der Waals surface area contributed by atoms with Crippen molar-refractivity contribution in [2.75, 3.05) is 0 Å². The third-order valence-electron chi connectivity index (χ3n) is 0. The molecule has 0 aliphatic heterocycles. The molecule has 0 rings (SSSR count). The Labute approximate surface area is 100 Å². The monoisotopic (exact) mass is 288 g/mol. The number of carbonyl (C=O) groups is 1. The molecule has 0 heterocycles. The second-order valence-electron chi connectivity index (χ2n) is 0.908. The zero-order chi connectivity index (χ0) is 3.58. The molecule has 0 aromatic rings. The van der Waals surface area contributed by atoms with Crippen LogP contribution in [0.4, 0.5) is 0 Å². The Balaban J connectivity index is -0.00000000750. The van der Waals surface area contributed by atoms with Crippen LogP contribution in [0, 0.1) is 0 Å². The molecule has 1 nitrogen and oxygen atoms in total. The average molecular weight is 289 g/mol. The predicted molar refractivity (Wildman–Crippen MR) is 24.3 cm³/mol. The molecule has 6 heavy (non-hydrogen) atoms. The molecular weight excluding hydrogens is 281 g/mol. The van der Waals surface area contributed by atoms with E-state index in [2.05, 4.69) is 0 Å². The minimum Gasteiger partial charge on any atom is -1.00 e. The van der Waals surface area contributed by atoms with Crippen molar-refractivity contribution in [1.82, 2.24) is 0 Å². The number of rotatable bonds is 0. The Bertz CT molecular complexity index is 40.3. The summed E-state index contributed by atoms with van der Waals surface area (Å²) in [5.74, 6) is 0.167. The van der Waals surface area contributed by atoms with E-state index in [1.54, 1.807) is 0 Å². The first-order valence-corrected chi connectivity index (χ1v) is 1.20. The zero-order valence-electron chi connectivity index (χ0n) is 6.12. The van der Waals surface area contributed by atoms with Crippen LogP contribution in [0.3, 0.4) is 0 Å². The summed E-state index contributed by atoms with van der Waals surface area (Å²) < 4.78 is 0. The van der Waals surface area contributed by atoms with Crippen molar-refractivity contribution in [3.05, 3.63) is 0 Å². The van der Waals surface area contributed by atoms with Gasteiger partial charge in [-0.25, -0.2) is 0 Å². The van der Waals surface area contributed by atoms with Crippen LogP contribution in [0.2, 0.25) is 0 Å². The van der Waals surface area contributed by atoms with Gasteiger partial charge in [-0.05, 0) is 13.8 Å². The molecule has 0 N–H and O–H groups in total. The topological polar surface area (TPSA) is 17.1 Å². The number of ketones is 1. The molecule has 0 aromatic carbocycles. The van der Waals surface area contributed by atoms with Crippen molar-refractivity contribution in [1.29, 1.82) is 0 Å². The summed E-state index contributed by atoms with van der Waals surface area (Å²) in [4.78, 5) is 9.44. The number of hydrogen-bond acceptors (Lipinski definition) is 1. The van der Waals surface area contributed by atoms with Crippen molar-refractivity contribution in [2.45, 2.75) is 13.8 Å². The molecule has 0 bridgehead atoms.